The van der Waals surface area contributed by atoms with Crippen molar-refractivity contribution in [3.63, 3.8) is 0 Å². The fraction of sp³-hybridized carbons (Fsp3) is 0.188. The van der Waals surface area contributed by atoms with Crippen LogP contribution in [0, 0.1) is 13.3 Å². The Labute approximate surface area is 126 Å². The molecule has 2 rings (SSSR count). The van der Waals surface area contributed by atoms with Crippen LogP contribution in [0.2, 0.25) is 0 Å². The predicted molar refractivity (Wildman–Crippen MR) is 76.8 cm³/mol. The van der Waals surface area contributed by atoms with Gasteiger partial charge in [-0.2, -0.15) is 13.2 Å². The quantitative estimate of drug-likeness (QED) is 0.522. The van der Waals surface area contributed by atoms with E-state index in [1.807, 2.05) is 31.2 Å². The third kappa shape index (κ3) is 3.84. The van der Waals surface area contributed by atoms with Crippen LogP contribution in [0.5, 0.6) is 0 Å². The highest BCUT2D eigenvalue weighted by Gasteiger charge is 2.32. The highest BCUT2D eigenvalue weighted by atomic mass is 19.4. The van der Waals surface area contributed by atoms with Crippen molar-refractivity contribution in [1.29, 1.82) is 0 Å². The molecule has 0 unspecified atom stereocenters. The van der Waals surface area contributed by atoms with Gasteiger partial charge < -0.3 is 5.21 Å². The molecule has 0 bridgehead atoms. The van der Waals surface area contributed by atoms with Crippen molar-refractivity contribution in [2.75, 3.05) is 0 Å². The fourth-order valence-corrected chi connectivity index (χ4v) is 2.00. The van der Waals surface area contributed by atoms with Crippen molar-refractivity contribution >= 4 is 5.71 Å². The maximum atomic E-state index is 12.7. The Morgan fingerprint density at radius 1 is 1.27 bits per heavy atom. The van der Waals surface area contributed by atoms with Gasteiger partial charge in [0.15, 0.2) is 0 Å². The molecule has 115 valence electrons. The summed E-state index contributed by atoms with van der Waals surface area (Å²) in [6, 6.07) is 9.83. The number of alkyl halides is 3. The minimum Gasteiger partial charge on any atom is -0.411 e. The third-order valence-electron chi connectivity index (χ3n) is 3.21. The first-order valence-corrected chi connectivity index (χ1v) is 6.55. The summed E-state index contributed by atoms with van der Waals surface area (Å²) in [5, 5.41) is 12.2. The van der Waals surface area contributed by atoms with E-state index in [2.05, 4.69) is 10.1 Å². The molecule has 1 radical (unpaired) electrons. The summed E-state index contributed by atoms with van der Waals surface area (Å²) in [6.07, 6.45) is -1.46. The molecule has 0 atom stereocenters. The maximum absolute atomic E-state index is 12.7. The van der Waals surface area contributed by atoms with Gasteiger partial charge in [0, 0.05) is 18.2 Å². The number of rotatable bonds is 4. The van der Waals surface area contributed by atoms with Gasteiger partial charge in [-0.1, -0.05) is 29.4 Å². The molecule has 0 aliphatic heterocycles. The van der Waals surface area contributed by atoms with E-state index in [0.29, 0.717) is 0 Å². The highest BCUT2D eigenvalue weighted by molar-refractivity contribution is 6.01. The lowest BCUT2D eigenvalue weighted by molar-refractivity contribution is -0.141. The largest absolute Gasteiger partial charge is 0.433 e. The van der Waals surface area contributed by atoms with Crippen molar-refractivity contribution in [1.82, 2.24) is 4.98 Å². The van der Waals surface area contributed by atoms with Crippen LogP contribution >= 0.6 is 0 Å². The minimum absolute atomic E-state index is 0.149. The van der Waals surface area contributed by atoms with Crippen molar-refractivity contribution in [3.8, 4) is 0 Å². The molecular formula is C16H14F3N2O. The summed E-state index contributed by atoms with van der Waals surface area (Å²) in [5.74, 6) is 0. The van der Waals surface area contributed by atoms with Crippen molar-refractivity contribution in [2.45, 2.75) is 19.5 Å². The molecule has 0 aliphatic rings. The van der Waals surface area contributed by atoms with E-state index in [9.17, 15) is 13.2 Å². The second-order valence-electron chi connectivity index (χ2n) is 4.74. The van der Waals surface area contributed by atoms with Gasteiger partial charge in [-0.3, -0.25) is 4.98 Å². The minimum atomic E-state index is -4.53. The Morgan fingerprint density at radius 3 is 2.64 bits per heavy atom. The molecule has 1 aromatic carbocycles. The Kier molecular flexibility index (Phi) is 4.80. The SMILES string of the molecule is Cc1ccccc1[CH]CC(=NO)c1ccnc(C(F)(F)F)c1. The molecular weight excluding hydrogens is 293 g/mol. The Morgan fingerprint density at radius 2 is 2.00 bits per heavy atom. The molecule has 6 heteroatoms. The van der Waals surface area contributed by atoms with Crippen molar-refractivity contribution < 1.29 is 18.4 Å². The van der Waals surface area contributed by atoms with Gasteiger partial charge in [-0.25, -0.2) is 0 Å². The summed E-state index contributed by atoms with van der Waals surface area (Å²) < 4.78 is 38.0. The van der Waals surface area contributed by atoms with E-state index in [0.717, 1.165) is 23.4 Å². The van der Waals surface area contributed by atoms with E-state index in [4.69, 9.17) is 5.21 Å². The summed E-state index contributed by atoms with van der Waals surface area (Å²) in [4.78, 5) is 3.29. The number of aromatic nitrogens is 1. The van der Waals surface area contributed by atoms with Crippen LogP contribution < -0.4 is 0 Å². The molecule has 0 amide bonds. The summed E-state index contributed by atoms with van der Waals surface area (Å²) in [6.45, 7) is 1.93. The molecule has 0 saturated heterocycles. The molecule has 0 fully saturated rings. The van der Waals surface area contributed by atoms with Gasteiger partial charge in [0.25, 0.3) is 0 Å². The number of nitrogens with zero attached hydrogens (tertiary/aromatic N) is 2. The average molecular weight is 307 g/mol. The Bertz CT molecular complexity index is 681. The molecule has 1 heterocycles. The summed E-state index contributed by atoms with van der Waals surface area (Å²) >= 11 is 0. The zero-order valence-corrected chi connectivity index (χ0v) is 11.8. The van der Waals surface area contributed by atoms with E-state index >= 15 is 0 Å². The molecule has 2 aromatic rings. The molecule has 22 heavy (non-hydrogen) atoms. The molecule has 3 nitrogen and oxygen atoms in total. The number of aryl methyl sites for hydroxylation is 1. The fourth-order valence-electron chi connectivity index (χ4n) is 2.00. The van der Waals surface area contributed by atoms with Crippen LogP contribution in [-0.2, 0) is 6.18 Å². The zero-order valence-electron chi connectivity index (χ0n) is 11.8. The van der Waals surface area contributed by atoms with Crippen LogP contribution in [0.1, 0.15) is 28.8 Å². The first kappa shape index (κ1) is 16.0. The van der Waals surface area contributed by atoms with Gasteiger partial charge in [-0.05, 0) is 36.6 Å². The van der Waals surface area contributed by atoms with Crippen molar-refractivity contribution in [3.05, 3.63) is 71.4 Å². The first-order valence-electron chi connectivity index (χ1n) is 6.55. The number of pyridine rings is 1. The number of halogens is 3. The van der Waals surface area contributed by atoms with Crippen LogP contribution in [0.15, 0.2) is 47.8 Å². The first-order chi connectivity index (χ1) is 10.4. The lowest BCUT2D eigenvalue weighted by Gasteiger charge is -2.09. The van der Waals surface area contributed by atoms with Crippen LogP contribution in [0.3, 0.4) is 0 Å². The number of oxime groups is 1. The van der Waals surface area contributed by atoms with Crippen LogP contribution in [0.4, 0.5) is 13.2 Å². The predicted octanol–water partition coefficient (Wildman–Crippen LogP) is 4.23. The molecule has 1 aromatic heterocycles. The third-order valence-corrected chi connectivity index (χ3v) is 3.21. The molecule has 0 aliphatic carbocycles. The molecule has 0 spiro atoms. The van der Waals surface area contributed by atoms with E-state index < -0.39 is 11.9 Å². The lowest BCUT2D eigenvalue weighted by atomic mass is 9.99. The van der Waals surface area contributed by atoms with E-state index in [1.54, 1.807) is 6.42 Å². The van der Waals surface area contributed by atoms with Crippen LogP contribution in [-0.4, -0.2) is 15.9 Å². The number of benzene rings is 1. The monoisotopic (exact) mass is 307 g/mol. The van der Waals surface area contributed by atoms with E-state index in [-0.39, 0.29) is 17.7 Å². The van der Waals surface area contributed by atoms with Gasteiger partial charge in [0.2, 0.25) is 0 Å². The van der Waals surface area contributed by atoms with Crippen molar-refractivity contribution in [2.24, 2.45) is 5.16 Å². The molecule has 1 N–H and O–H groups in total. The normalized spacial score (nSPS) is 12.5. The maximum Gasteiger partial charge on any atom is 0.433 e. The van der Waals surface area contributed by atoms with E-state index in [1.165, 1.54) is 6.07 Å². The zero-order chi connectivity index (χ0) is 16.2. The number of hydrogen-bond donors (Lipinski definition) is 1. The highest BCUT2D eigenvalue weighted by Crippen LogP contribution is 2.28. The average Bonchev–Trinajstić information content (AvgIpc) is 2.49. The Hall–Kier alpha value is -2.37. The standard InChI is InChI=1S/C16H14F3N2O/c1-11-4-2-3-5-12(11)6-7-14(21-22)13-8-9-20-15(10-13)16(17,18)19/h2-6,8-10,22H,7H2,1H3. The Balaban J connectivity index is 2.18. The second-order valence-corrected chi connectivity index (χ2v) is 4.74. The second kappa shape index (κ2) is 6.60. The number of hydrogen-bond acceptors (Lipinski definition) is 3. The molecule has 0 saturated carbocycles. The van der Waals surface area contributed by atoms with Crippen LogP contribution in [0.25, 0.3) is 0 Å². The van der Waals surface area contributed by atoms with Gasteiger partial charge in [0.1, 0.15) is 5.69 Å². The van der Waals surface area contributed by atoms with Gasteiger partial charge in [0.05, 0.1) is 5.71 Å². The summed E-state index contributed by atoms with van der Waals surface area (Å²) in [5.41, 5.74) is 1.30. The van der Waals surface area contributed by atoms with Gasteiger partial charge >= 0.3 is 6.18 Å². The van der Waals surface area contributed by atoms with Gasteiger partial charge in [-0.15, -0.1) is 0 Å². The topological polar surface area (TPSA) is 45.5 Å². The smallest absolute Gasteiger partial charge is 0.411 e. The lowest BCUT2D eigenvalue weighted by Crippen LogP contribution is -2.10. The summed E-state index contributed by atoms with van der Waals surface area (Å²) in [7, 11) is 0.